The molecule has 1 amide bonds. The van der Waals surface area contributed by atoms with Crippen LogP contribution >= 0.6 is 0 Å². The van der Waals surface area contributed by atoms with Crippen LogP contribution in [0.5, 0.6) is 0 Å². The van der Waals surface area contributed by atoms with Crippen LogP contribution in [0.3, 0.4) is 0 Å². The van der Waals surface area contributed by atoms with Gasteiger partial charge in [0.25, 0.3) is 5.91 Å². The van der Waals surface area contributed by atoms with Gasteiger partial charge in [0.05, 0.1) is 18.3 Å². The molecule has 1 heterocycles. The Bertz CT molecular complexity index is 1160. The maximum Gasteiger partial charge on any atom is 0.252 e. The normalized spacial score (nSPS) is 19.4. The molecule has 1 saturated heterocycles. The van der Waals surface area contributed by atoms with E-state index >= 15 is 0 Å². The van der Waals surface area contributed by atoms with Gasteiger partial charge in [0.1, 0.15) is 34.6 Å². The lowest BCUT2D eigenvalue weighted by atomic mass is 9.63. The van der Waals surface area contributed by atoms with Gasteiger partial charge in [-0.25, -0.2) is 0 Å². The summed E-state index contributed by atoms with van der Waals surface area (Å²) in [6.07, 6.45) is 3.39. The molecule has 0 aromatic heterocycles. The van der Waals surface area contributed by atoms with E-state index in [4.69, 9.17) is 10.00 Å². The number of rotatable bonds is 9. The number of hydrogen-bond donors (Lipinski definition) is 3. The number of nitriles is 1. The van der Waals surface area contributed by atoms with Gasteiger partial charge in [-0.05, 0) is 49.2 Å². The van der Waals surface area contributed by atoms with Gasteiger partial charge in [0.2, 0.25) is 0 Å². The van der Waals surface area contributed by atoms with Gasteiger partial charge in [-0.2, -0.15) is 5.26 Å². The zero-order valence-corrected chi connectivity index (χ0v) is 20.9. The predicted molar refractivity (Wildman–Crippen MR) is 152 cm³/mol. The van der Waals surface area contributed by atoms with Crippen LogP contribution in [0.1, 0.15) is 15.9 Å². The standard InChI is InChI=1S/C24H29B3N6O3/c1-29-21(17-2-4-18(5-3-17)22(34)31-13-11-28)10-12-30-16-32-19-6-8-20(9-7-19)33-14-23(25,26)36-24(27,35)15-33/h2-10,12,32,35H,1,13-16,25-27H2,(H,31,34)/b21-10-,30-12-. The molecular weight excluding hydrogens is 453 g/mol. The van der Waals surface area contributed by atoms with Crippen molar-refractivity contribution >= 4 is 59.4 Å². The summed E-state index contributed by atoms with van der Waals surface area (Å²) in [7, 11) is 5.62. The third-order valence-electron chi connectivity index (χ3n) is 5.44. The molecule has 1 aliphatic heterocycles. The van der Waals surface area contributed by atoms with Crippen LogP contribution in [0, 0.1) is 11.3 Å². The first-order valence-electron chi connectivity index (χ1n) is 11.6. The highest BCUT2D eigenvalue weighted by Crippen LogP contribution is 2.27. The van der Waals surface area contributed by atoms with E-state index in [0.29, 0.717) is 31.0 Å². The van der Waals surface area contributed by atoms with Crippen LogP contribution in [0.4, 0.5) is 11.4 Å². The van der Waals surface area contributed by atoms with Crippen LogP contribution in [-0.4, -0.2) is 84.9 Å². The first kappa shape index (κ1) is 26.8. The Kier molecular flexibility index (Phi) is 8.75. The Morgan fingerprint density at radius 1 is 1.17 bits per heavy atom. The first-order valence-corrected chi connectivity index (χ1v) is 11.6. The second-order valence-electron chi connectivity index (χ2n) is 9.23. The fourth-order valence-electron chi connectivity index (χ4n) is 4.07. The number of hydrogen-bond acceptors (Lipinski definition) is 8. The predicted octanol–water partition coefficient (Wildman–Crippen LogP) is -0.842. The molecule has 0 bridgehead atoms. The first-order chi connectivity index (χ1) is 17.1. The van der Waals surface area contributed by atoms with E-state index in [0.717, 1.165) is 16.9 Å². The Balaban J connectivity index is 1.54. The van der Waals surface area contributed by atoms with Crippen molar-refractivity contribution in [2.45, 2.75) is 11.1 Å². The van der Waals surface area contributed by atoms with Gasteiger partial charge < -0.3 is 25.4 Å². The van der Waals surface area contributed by atoms with E-state index in [1.807, 2.05) is 46.0 Å². The van der Waals surface area contributed by atoms with E-state index < -0.39 is 11.1 Å². The van der Waals surface area contributed by atoms with E-state index in [1.165, 1.54) is 0 Å². The van der Waals surface area contributed by atoms with E-state index in [1.54, 1.807) is 44.4 Å². The molecule has 182 valence electrons. The number of carbonyl (C=O) groups is 1. The van der Waals surface area contributed by atoms with Crippen LogP contribution < -0.4 is 15.5 Å². The largest absolute Gasteiger partial charge is 0.372 e. The summed E-state index contributed by atoms with van der Waals surface area (Å²) in [6.45, 7) is 5.03. The fourth-order valence-corrected chi connectivity index (χ4v) is 4.07. The lowest BCUT2D eigenvalue weighted by Crippen LogP contribution is -2.63. The summed E-state index contributed by atoms with van der Waals surface area (Å²) in [4.78, 5) is 22.4. The van der Waals surface area contributed by atoms with Crippen LogP contribution in [0.2, 0.25) is 0 Å². The fraction of sp³-hybridized carbons (Fsp3) is 0.250. The number of nitrogens with one attached hydrogen (secondary N) is 2. The molecule has 2 aromatic carbocycles. The van der Waals surface area contributed by atoms with Crippen LogP contribution in [0.25, 0.3) is 5.70 Å². The molecule has 1 fully saturated rings. The average Bonchev–Trinajstić information content (AvgIpc) is 2.83. The summed E-state index contributed by atoms with van der Waals surface area (Å²) in [6, 6.07) is 16.7. The molecule has 0 saturated carbocycles. The summed E-state index contributed by atoms with van der Waals surface area (Å²) in [5.41, 5.74) is 2.61. The molecule has 2 aromatic rings. The van der Waals surface area contributed by atoms with Gasteiger partial charge in [0.15, 0.2) is 7.85 Å². The van der Waals surface area contributed by atoms with E-state index in [2.05, 4.69) is 32.2 Å². The summed E-state index contributed by atoms with van der Waals surface area (Å²) in [5.74, 6) is -0.304. The van der Waals surface area contributed by atoms with Crippen LogP contribution in [0.15, 0.2) is 64.6 Å². The number of aliphatic imine (C=N–C) groups is 2. The van der Waals surface area contributed by atoms with Crippen molar-refractivity contribution in [2.24, 2.45) is 9.98 Å². The second-order valence-corrected chi connectivity index (χ2v) is 9.23. The summed E-state index contributed by atoms with van der Waals surface area (Å²) >= 11 is 0. The number of allylic oxidation sites excluding steroid dienone is 1. The van der Waals surface area contributed by atoms with Crippen LogP contribution in [-0.2, 0) is 4.74 Å². The number of benzene rings is 2. The van der Waals surface area contributed by atoms with Crippen molar-refractivity contribution in [3.63, 3.8) is 0 Å². The minimum absolute atomic E-state index is 0.0377. The van der Waals surface area contributed by atoms with E-state index in [-0.39, 0.29) is 12.5 Å². The van der Waals surface area contributed by atoms with Crippen molar-refractivity contribution in [3.05, 3.63) is 65.7 Å². The molecule has 36 heavy (non-hydrogen) atoms. The van der Waals surface area contributed by atoms with Crippen molar-refractivity contribution < 1.29 is 14.6 Å². The topological polar surface area (TPSA) is 122 Å². The minimum Gasteiger partial charge on any atom is -0.372 e. The quantitative estimate of drug-likeness (QED) is 0.244. The SMILES string of the molecule is BC1(B)CN(c2ccc(NC/N=C\C=C(/N=C)c3ccc(C(=O)NCC#N)cc3)cc2)CC(B)(O)O1. The number of amides is 1. The Morgan fingerprint density at radius 2 is 1.83 bits per heavy atom. The molecule has 1 aliphatic rings. The lowest BCUT2D eigenvalue weighted by molar-refractivity contribution is -0.169. The lowest BCUT2D eigenvalue weighted by Gasteiger charge is -2.47. The summed E-state index contributed by atoms with van der Waals surface area (Å²) < 4.78 is 5.74. The number of anilines is 2. The van der Waals surface area contributed by atoms with Crippen molar-refractivity contribution in [1.29, 1.82) is 5.26 Å². The number of carbonyl (C=O) groups excluding carboxylic acids is 1. The number of ether oxygens (including phenoxy) is 1. The maximum atomic E-state index is 11.9. The number of nitrogens with zero attached hydrogens (tertiary/aromatic N) is 4. The average molecular weight is 482 g/mol. The third-order valence-corrected chi connectivity index (χ3v) is 5.44. The molecule has 0 radical (unpaired) electrons. The number of morpholine rings is 1. The Hall–Kier alpha value is -3.81. The Labute approximate surface area is 214 Å². The maximum absolute atomic E-state index is 11.9. The molecule has 1 unspecified atom stereocenters. The third kappa shape index (κ3) is 7.60. The van der Waals surface area contributed by atoms with Crippen molar-refractivity contribution in [2.75, 3.05) is 36.5 Å². The molecule has 3 rings (SSSR count). The van der Waals surface area contributed by atoms with Gasteiger partial charge in [0, 0.05) is 40.7 Å². The van der Waals surface area contributed by atoms with Gasteiger partial charge in [-0.1, -0.05) is 12.1 Å². The molecule has 0 spiro atoms. The molecule has 12 heteroatoms. The van der Waals surface area contributed by atoms with E-state index in [9.17, 15) is 9.90 Å². The smallest absolute Gasteiger partial charge is 0.252 e. The Morgan fingerprint density at radius 3 is 2.44 bits per heavy atom. The molecule has 3 N–H and O–H groups in total. The number of aliphatic hydroxyl groups is 1. The molecular formula is C24H29B3N6O3. The zero-order valence-electron chi connectivity index (χ0n) is 20.9. The molecule has 0 aliphatic carbocycles. The van der Waals surface area contributed by atoms with Gasteiger partial charge >= 0.3 is 0 Å². The van der Waals surface area contributed by atoms with Gasteiger partial charge in [-0.3, -0.25) is 14.8 Å². The highest BCUT2D eigenvalue weighted by Gasteiger charge is 2.39. The van der Waals surface area contributed by atoms with Gasteiger partial charge in [-0.15, -0.1) is 0 Å². The molecule has 9 nitrogen and oxygen atoms in total. The van der Waals surface area contributed by atoms with Crippen molar-refractivity contribution in [1.82, 2.24) is 5.32 Å². The monoisotopic (exact) mass is 482 g/mol. The van der Waals surface area contributed by atoms with Crippen molar-refractivity contribution in [3.8, 4) is 6.07 Å². The zero-order chi connectivity index (χ0) is 26.2. The highest BCUT2D eigenvalue weighted by atomic mass is 16.6. The highest BCUT2D eigenvalue weighted by molar-refractivity contribution is 6.39. The minimum atomic E-state index is -1.20. The number of β-amino-alcohol motifs (C(OH)–C–C–N with tert-alkyl or cyclic N) is 1. The second kappa shape index (κ2) is 11.8. The molecule has 1 atom stereocenters. The summed E-state index contributed by atoms with van der Waals surface area (Å²) in [5, 5.41) is 24.3.